The number of aromatic nitrogens is 4. The summed E-state index contributed by atoms with van der Waals surface area (Å²) in [5, 5.41) is 5.62. The molecule has 0 aromatic carbocycles. The molecule has 154 valence electrons. The molecule has 0 N–H and O–H groups in total. The highest BCUT2D eigenvalue weighted by Crippen LogP contribution is 2.33. The zero-order valence-electron chi connectivity index (χ0n) is 15.8. The van der Waals surface area contributed by atoms with E-state index in [0.717, 1.165) is 12.4 Å². The number of nitrogens with zero attached hydrogens (tertiary/aromatic N) is 5. The standard InChI is InChI=1S/C19H20F3N5OS/c1-12(9-14-3-2-8-29-14)17(28)26-6-4-13(5-7-26)15-10-16(19(20,21)22)27-18(25-15)23-11-24-27/h2-3,8,10-13H,4-7,9H2,1H3/t12-/m1/s1. The molecule has 1 aliphatic heterocycles. The van der Waals surface area contributed by atoms with Crippen molar-refractivity contribution in [3.05, 3.63) is 46.2 Å². The number of halogens is 3. The molecule has 4 rings (SSSR count). The number of carbonyl (C=O) groups excluding carboxylic acids is 1. The maximum absolute atomic E-state index is 13.4. The van der Waals surface area contributed by atoms with Crippen molar-refractivity contribution < 1.29 is 18.0 Å². The molecular weight excluding hydrogens is 403 g/mol. The minimum absolute atomic E-state index is 0.0575. The van der Waals surface area contributed by atoms with Crippen molar-refractivity contribution in [2.45, 2.75) is 38.3 Å². The van der Waals surface area contributed by atoms with Crippen LogP contribution >= 0.6 is 11.3 Å². The van der Waals surface area contributed by atoms with Crippen molar-refractivity contribution in [1.29, 1.82) is 0 Å². The first-order valence-electron chi connectivity index (χ1n) is 9.42. The molecule has 0 saturated carbocycles. The van der Waals surface area contributed by atoms with E-state index >= 15 is 0 Å². The number of rotatable bonds is 4. The highest BCUT2D eigenvalue weighted by atomic mass is 32.1. The van der Waals surface area contributed by atoms with Crippen molar-refractivity contribution in [3.63, 3.8) is 0 Å². The van der Waals surface area contributed by atoms with Crippen LogP contribution in [0, 0.1) is 5.92 Å². The number of likely N-dealkylation sites (tertiary alicyclic amines) is 1. The molecule has 6 nitrogen and oxygen atoms in total. The van der Waals surface area contributed by atoms with Crippen LogP contribution in [0.1, 0.15) is 41.9 Å². The predicted molar refractivity (Wildman–Crippen MR) is 102 cm³/mol. The van der Waals surface area contributed by atoms with Gasteiger partial charge in [-0.3, -0.25) is 4.79 Å². The third-order valence-corrected chi connectivity index (χ3v) is 6.19. The number of hydrogen-bond donors (Lipinski definition) is 0. The molecule has 1 atom stereocenters. The van der Waals surface area contributed by atoms with Gasteiger partial charge in [-0.05, 0) is 36.8 Å². The Morgan fingerprint density at radius 3 is 2.76 bits per heavy atom. The number of thiophene rings is 1. The van der Waals surface area contributed by atoms with Gasteiger partial charge in [-0.1, -0.05) is 13.0 Å². The summed E-state index contributed by atoms with van der Waals surface area (Å²) in [5.74, 6) is -0.228. The lowest BCUT2D eigenvalue weighted by molar-refractivity contribution is -0.142. The molecule has 29 heavy (non-hydrogen) atoms. The van der Waals surface area contributed by atoms with Crippen LogP contribution in [0.4, 0.5) is 13.2 Å². The molecule has 3 aromatic heterocycles. The van der Waals surface area contributed by atoms with Crippen LogP contribution in [-0.2, 0) is 17.4 Å². The highest BCUT2D eigenvalue weighted by Gasteiger charge is 2.36. The second kappa shape index (κ2) is 7.74. The van der Waals surface area contributed by atoms with E-state index in [2.05, 4.69) is 15.1 Å². The van der Waals surface area contributed by atoms with Crippen LogP contribution in [0.2, 0.25) is 0 Å². The number of hydrogen-bond acceptors (Lipinski definition) is 5. The lowest BCUT2D eigenvalue weighted by Crippen LogP contribution is -2.41. The Hall–Kier alpha value is -2.49. The van der Waals surface area contributed by atoms with E-state index in [1.165, 1.54) is 4.88 Å². The Bertz CT molecular complexity index is 993. The molecule has 0 radical (unpaired) electrons. The smallest absolute Gasteiger partial charge is 0.342 e. The summed E-state index contributed by atoms with van der Waals surface area (Å²) < 4.78 is 40.9. The van der Waals surface area contributed by atoms with E-state index in [0.29, 0.717) is 42.6 Å². The normalized spacial score (nSPS) is 17.0. The zero-order chi connectivity index (χ0) is 20.6. The topological polar surface area (TPSA) is 63.4 Å². The maximum Gasteiger partial charge on any atom is 0.433 e. The molecule has 1 aliphatic rings. The number of piperidine rings is 1. The molecule has 0 aliphatic carbocycles. The molecular formula is C19H20F3N5OS. The fourth-order valence-electron chi connectivity index (χ4n) is 3.77. The summed E-state index contributed by atoms with van der Waals surface area (Å²) in [5.41, 5.74) is -0.519. The molecule has 4 heterocycles. The lowest BCUT2D eigenvalue weighted by Gasteiger charge is -2.33. The first-order valence-corrected chi connectivity index (χ1v) is 10.3. The van der Waals surface area contributed by atoms with Crippen molar-refractivity contribution in [1.82, 2.24) is 24.5 Å². The van der Waals surface area contributed by atoms with Gasteiger partial charge < -0.3 is 4.90 Å². The zero-order valence-corrected chi connectivity index (χ0v) is 16.6. The summed E-state index contributed by atoms with van der Waals surface area (Å²) >= 11 is 1.63. The van der Waals surface area contributed by atoms with E-state index in [9.17, 15) is 18.0 Å². The van der Waals surface area contributed by atoms with Crippen LogP contribution in [0.5, 0.6) is 0 Å². The van der Waals surface area contributed by atoms with Crippen LogP contribution < -0.4 is 0 Å². The van der Waals surface area contributed by atoms with Gasteiger partial charge in [0.05, 0.1) is 0 Å². The molecule has 1 saturated heterocycles. The van der Waals surface area contributed by atoms with Gasteiger partial charge in [-0.25, -0.2) is 4.98 Å². The predicted octanol–water partition coefficient (Wildman–Crippen LogP) is 3.79. The molecule has 10 heteroatoms. The Labute approximate surface area is 169 Å². The van der Waals surface area contributed by atoms with Crippen LogP contribution in [0.3, 0.4) is 0 Å². The molecule has 0 bridgehead atoms. The third-order valence-electron chi connectivity index (χ3n) is 5.30. The SMILES string of the molecule is C[C@H](Cc1cccs1)C(=O)N1CCC(c2cc(C(F)(F)F)n3ncnc3n2)CC1. The van der Waals surface area contributed by atoms with Gasteiger partial charge in [0.15, 0.2) is 5.69 Å². The molecule has 0 spiro atoms. The van der Waals surface area contributed by atoms with Crippen molar-refractivity contribution in [3.8, 4) is 0 Å². The first-order chi connectivity index (χ1) is 13.8. The van der Waals surface area contributed by atoms with Gasteiger partial charge in [0.1, 0.15) is 6.33 Å². The van der Waals surface area contributed by atoms with E-state index in [-0.39, 0.29) is 23.5 Å². The van der Waals surface area contributed by atoms with E-state index < -0.39 is 11.9 Å². The second-order valence-electron chi connectivity index (χ2n) is 7.32. The Morgan fingerprint density at radius 2 is 2.10 bits per heavy atom. The molecule has 1 fully saturated rings. The van der Waals surface area contributed by atoms with E-state index in [1.807, 2.05) is 29.3 Å². The monoisotopic (exact) mass is 423 g/mol. The van der Waals surface area contributed by atoms with Crippen molar-refractivity contribution >= 4 is 23.0 Å². The number of carbonyl (C=O) groups is 1. The Morgan fingerprint density at radius 1 is 1.34 bits per heavy atom. The highest BCUT2D eigenvalue weighted by molar-refractivity contribution is 7.09. The van der Waals surface area contributed by atoms with E-state index in [4.69, 9.17) is 0 Å². The summed E-state index contributed by atoms with van der Waals surface area (Å²) in [6, 6.07) is 5.05. The minimum atomic E-state index is -4.54. The number of alkyl halides is 3. The third kappa shape index (κ3) is 4.12. The number of fused-ring (bicyclic) bond motifs is 1. The second-order valence-corrected chi connectivity index (χ2v) is 8.35. The summed E-state index contributed by atoms with van der Waals surface area (Å²) in [4.78, 5) is 23.8. The van der Waals surface area contributed by atoms with Gasteiger partial charge in [0, 0.05) is 35.5 Å². The summed E-state index contributed by atoms with van der Waals surface area (Å²) in [6.07, 6.45) is -1.62. The molecule has 0 unspecified atom stereocenters. The molecule has 1 amide bonds. The average molecular weight is 423 g/mol. The largest absolute Gasteiger partial charge is 0.433 e. The van der Waals surface area contributed by atoms with Gasteiger partial charge in [0.2, 0.25) is 5.91 Å². The first kappa shape index (κ1) is 19.8. The Balaban J connectivity index is 1.45. The maximum atomic E-state index is 13.4. The van der Waals surface area contributed by atoms with Gasteiger partial charge in [0.25, 0.3) is 5.78 Å². The number of amides is 1. The summed E-state index contributed by atoms with van der Waals surface area (Å²) in [7, 11) is 0. The van der Waals surface area contributed by atoms with Crippen LogP contribution in [-0.4, -0.2) is 43.5 Å². The minimum Gasteiger partial charge on any atom is -0.342 e. The van der Waals surface area contributed by atoms with Crippen molar-refractivity contribution in [2.24, 2.45) is 5.92 Å². The lowest BCUT2D eigenvalue weighted by atomic mass is 9.92. The van der Waals surface area contributed by atoms with Gasteiger partial charge in [-0.15, -0.1) is 11.3 Å². The quantitative estimate of drug-likeness (QED) is 0.641. The van der Waals surface area contributed by atoms with Gasteiger partial charge >= 0.3 is 6.18 Å². The fourth-order valence-corrected chi connectivity index (χ4v) is 4.60. The fraction of sp³-hybridized carbons (Fsp3) is 0.474. The Kier molecular flexibility index (Phi) is 5.28. The van der Waals surface area contributed by atoms with Crippen LogP contribution in [0.25, 0.3) is 5.78 Å². The van der Waals surface area contributed by atoms with E-state index in [1.54, 1.807) is 11.3 Å². The van der Waals surface area contributed by atoms with Crippen molar-refractivity contribution in [2.75, 3.05) is 13.1 Å². The average Bonchev–Trinajstić information content (AvgIpc) is 3.37. The summed E-state index contributed by atoms with van der Waals surface area (Å²) in [6.45, 7) is 2.95. The van der Waals surface area contributed by atoms with Gasteiger partial charge in [-0.2, -0.15) is 27.8 Å². The van der Waals surface area contributed by atoms with Crippen LogP contribution in [0.15, 0.2) is 29.9 Å². The molecule has 3 aromatic rings.